The molecule has 0 bridgehead atoms. The first-order valence-corrected chi connectivity index (χ1v) is 5.89. The van der Waals surface area contributed by atoms with Crippen LogP contribution in [0, 0.1) is 11.3 Å². The summed E-state index contributed by atoms with van der Waals surface area (Å²) in [5.41, 5.74) is 1.16. The summed E-state index contributed by atoms with van der Waals surface area (Å²) in [6.07, 6.45) is 0.120. The van der Waals surface area contributed by atoms with Gasteiger partial charge in [0, 0.05) is 13.0 Å². The van der Waals surface area contributed by atoms with E-state index in [0.29, 0.717) is 11.1 Å². The molecule has 0 spiro atoms. The van der Waals surface area contributed by atoms with Gasteiger partial charge in [0.15, 0.2) is 5.58 Å². The van der Waals surface area contributed by atoms with E-state index in [1.165, 1.54) is 4.57 Å². The standard InChI is InChI=1S/C13H13N3O3/c1-9(8-14)15-12(17)6-7-16-10-4-2-3-5-11(10)19-13(16)18/h2-5,9H,6-7H2,1H3,(H,15,17). The molecule has 6 nitrogen and oxygen atoms in total. The van der Waals surface area contributed by atoms with E-state index in [-0.39, 0.29) is 18.9 Å². The Hall–Kier alpha value is -2.55. The number of para-hydroxylation sites is 2. The molecule has 0 saturated heterocycles. The molecule has 1 N–H and O–H groups in total. The van der Waals surface area contributed by atoms with Crippen molar-refractivity contribution >= 4 is 17.0 Å². The van der Waals surface area contributed by atoms with Gasteiger partial charge < -0.3 is 9.73 Å². The number of carbonyl (C=O) groups is 1. The van der Waals surface area contributed by atoms with Gasteiger partial charge in [0.25, 0.3) is 0 Å². The zero-order valence-corrected chi connectivity index (χ0v) is 10.4. The van der Waals surface area contributed by atoms with Crippen LogP contribution >= 0.6 is 0 Å². The van der Waals surface area contributed by atoms with Gasteiger partial charge in [0.05, 0.1) is 11.6 Å². The Morgan fingerprint density at radius 3 is 3.00 bits per heavy atom. The molecular formula is C13H13N3O3. The Labute approximate surface area is 109 Å². The van der Waals surface area contributed by atoms with Crippen molar-refractivity contribution in [2.24, 2.45) is 0 Å². The first kappa shape index (κ1) is 12.9. The number of nitriles is 1. The van der Waals surface area contributed by atoms with E-state index in [2.05, 4.69) is 5.32 Å². The number of benzene rings is 1. The molecule has 98 valence electrons. The fraction of sp³-hybridized carbons (Fsp3) is 0.308. The molecule has 1 atom stereocenters. The van der Waals surface area contributed by atoms with Crippen LogP contribution in [0.1, 0.15) is 13.3 Å². The van der Waals surface area contributed by atoms with Gasteiger partial charge in [-0.05, 0) is 19.1 Å². The summed E-state index contributed by atoms with van der Waals surface area (Å²) in [4.78, 5) is 23.2. The highest BCUT2D eigenvalue weighted by molar-refractivity contribution is 5.77. The van der Waals surface area contributed by atoms with E-state index < -0.39 is 11.8 Å². The molecule has 2 aromatic rings. The van der Waals surface area contributed by atoms with Crippen LogP contribution in [0.3, 0.4) is 0 Å². The molecule has 1 unspecified atom stereocenters. The van der Waals surface area contributed by atoms with Gasteiger partial charge in [0.1, 0.15) is 6.04 Å². The molecule has 1 aromatic heterocycles. The molecule has 0 saturated carbocycles. The van der Waals surface area contributed by atoms with Crippen LogP contribution in [-0.4, -0.2) is 16.5 Å². The topological polar surface area (TPSA) is 88.0 Å². The molecule has 1 amide bonds. The monoisotopic (exact) mass is 259 g/mol. The molecule has 2 rings (SSSR count). The highest BCUT2D eigenvalue weighted by atomic mass is 16.4. The van der Waals surface area contributed by atoms with Gasteiger partial charge in [-0.1, -0.05) is 12.1 Å². The third-order valence-electron chi connectivity index (χ3n) is 2.71. The second kappa shape index (κ2) is 5.40. The van der Waals surface area contributed by atoms with Crippen molar-refractivity contribution in [3.05, 3.63) is 34.8 Å². The number of nitrogens with one attached hydrogen (secondary N) is 1. The summed E-state index contributed by atoms with van der Waals surface area (Å²) in [5.74, 6) is -0.756. The average Bonchev–Trinajstić information content (AvgIpc) is 2.71. The number of aromatic nitrogens is 1. The van der Waals surface area contributed by atoms with E-state index in [4.69, 9.17) is 9.68 Å². The van der Waals surface area contributed by atoms with Crippen LogP contribution in [0.5, 0.6) is 0 Å². The van der Waals surface area contributed by atoms with E-state index in [1.807, 2.05) is 6.07 Å². The number of aryl methyl sites for hydroxylation is 1. The summed E-state index contributed by atoms with van der Waals surface area (Å²) in [7, 11) is 0. The third-order valence-corrected chi connectivity index (χ3v) is 2.71. The van der Waals surface area contributed by atoms with Crippen molar-refractivity contribution in [3.63, 3.8) is 0 Å². The zero-order chi connectivity index (χ0) is 13.8. The minimum Gasteiger partial charge on any atom is -0.408 e. The van der Waals surface area contributed by atoms with E-state index in [0.717, 1.165) is 0 Å². The van der Waals surface area contributed by atoms with Crippen LogP contribution in [0.25, 0.3) is 11.1 Å². The van der Waals surface area contributed by atoms with Crippen molar-refractivity contribution < 1.29 is 9.21 Å². The number of oxazole rings is 1. The summed E-state index contributed by atoms with van der Waals surface area (Å²) >= 11 is 0. The zero-order valence-electron chi connectivity index (χ0n) is 10.4. The van der Waals surface area contributed by atoms with Crippen molar-refractivity contribution in [1.82, 2.24) is 9.88 Å². The quantitative estimate of drug-likeness (QED) is 0.887. The Morgan fingerprint density at radius 1 is 1.53 bits per heavy atom. The fourth-order valence-corrected chi connectivity index (χ4v) is 1.78. The number of rotatable bonds is 4. The fourth-order valence-electron chi connectivity index (χ4n) is 1.78. The Balaban J connectivity index is 2.10. The lowest BCUT2D eigenvalue weighted by Crippen LogP contribution is -2.32. The van der Waals surface area contributed by atoms with Crippen LogP contribution < -0.4 is 11.1 Å². The summed E-state index contributed by atoms with van der Waals surface area (Å²) in [6.45, 7) is 1.82. The predicted molar refractivity (Wildman–Crippen MR) is 68.3 cm³/mol. The van der Waals surface area contributed by atoms with E-state index >= 15 is 0 Å². The molecule has 19 heavy (non-hydrogen) atoms. The Kier molecular flexibility index (Phi) is 3.66. The molecule has 0 aliphatic heterocycles. The molecule has 0 radical (unpaired) electrons. The van der Waals surface area contributed by atoms with Gasteiger partial charge in [-0.3, -0.25) is 9.36 Å². The molecule has 6 heteroatoms. The van der Waals surface area contributed by atoms with Gasteiger partial charge in [-0.25, -0.2) is 4.79 Å². The normalized spacial score (nSPS) is 12.0. The molecular weight excluding hydrogens is 246 g/mol. The first-order chi connectivity index (χ1) is 9.11. The highest BCUT2D eigenvalue weighted by Crippen LogP contribution is 2.11. The average molecular weight is 259 g/mol. The number of hydrogen-bond acceptors (Lipinski definition) is 4. The number of carbonyl (C=O) groups excluding carboxylic acids is 1. The number of fused-ring (bicyclic) bond motifs is 1. The Morgan fingerprint density at radius 2 is 2.26 bits per heavy atom. The Bertz CT molecular complexity index is 693. The largest absolute Gasteiger partial charge is 0.419 e. The highest BCUT2D eigenvalue weighted by Gasteiger charge is 2.11. The molecule has 0 aliphatic rings. The van der Waals surface area contributed by atoms with E-state index in [1.54, 1.807) is 31.2 Å². The van der Waals surface area contributed by atoms with Crippen LogP contribution in [0.2, 0.25) is 0 Å². The van der Waals surface area contributed by atoms with Gasteiger partial charge in [0.2, 0.25) is 5.91 Å². The van der Waals surface area contributed by atoms with Gasteiger partial charge in [-0.15, -0.1) is 0 Å². The third kappa shape index (κ3) is 2.83. The van der Waals surface area contributed by atoms with E-state index in [9.17, 15) is 9.59 Å². The number of nitrogens with zero attached hydrogens (tertiary/aromatic N) is 2. The smallest absolute Gasteiger partial charge is 0.408 e. The predicted octanol–water partition coefficient (Wildman–Crippen LogP) is 1.01. The first-order valence-electron chi connectivity index (χ1n) is 5.89. The van der Waals surface area contributed by atoms with Crippen molar-refractivity contribution in [1.29, 1.82) is 5.26 Å². The summed E-state index contributed by atoms with van der Waals surface area (Å²) in [6, 6.07) is 8.41. The van der Waals surface area contributed by atoms with Crippen LogP contribution in [0.4, 0.5) is 0 Å². The lowest BCUT2D eigenvalue weighted by Gasteiger charge is -2.06. The van der Waals surface area contributed by atoms with Gasteiger partial charge in [-0.2, -0.15) is 5.26 Å². The maximum Gasteiger partial charge on any atom is 0.419 e. The van der Waals surface area contributed by atoms with Crippen molar-refractivity contribution in [2.75, 3.05) is 0 Å². The maximum atomic E-state index is 11.6. The molecule has 0 aliphatic carbocycles. The second-order valence-electron chi connectivity index (χ2n) is 4.16. The van der Waals surface area contributed by atoms with Gasteiger partial charge >= 0.3 is 5.76 Å². The second-order valence-corrected chi connectivity index (χ2v) is 4.16. The summed E-state index contributed by atoms with van der Waals surface area (Å²) in [5, 5.41) is 11.1. The lowest BCUT2D eigenvalue weighted by molar-refractivity contribution is -0.121. The minimum absolute atomic E-state index is 0.120. The SMILES string of the molecule is CC(C#N)NC(=O)CCn1c(=O)oc2ccccc21. The van der Waals surface area contributed by atoms with Crippen LogP contribution in [-0.2, 0) is 11.3 Å². The lowest BCUT2D eigenvalue weighted by atomic mass is 10.3. The van der Waals surface area contributed by atoms with Crippen molar-refractivity contribution in [3.8, 4) is 6.07 Å². The molecule has 1 heterocycles. The summed E-state index contributed by atoms with van der Waals surface area (Å²) < 4.78 is 6.47. The molecule has 0 fully saturated rings. The van der Waals surface area contributed by atoms with Crippen molar-refractivity contribution in [2.45, 2.75) is 25.9 Å². The minimum atomic E-state index is -0.537. The number of hydrogen-bond donors (Lipinski definition) is 1. The maximum absolute atomic E-state index is 11.6. The number of amides is 1. The molecule has 1 aromatic carbocycles. The van der Waals surface area contributed by atoms with Crippen LogP contribution in [0.15, 0.2) is 33.5 Å².